The largest absolute Gasteiger partial charge is 0.444 e. The number of hydrogen-bond acceptors (Lipinski definition) is 3. The number of amides is 1. The van der Waals surface area contributed by atoms with Gasteiger partial charge in [0.05, 0.1) is 0 Å². The molecular formula is C15H20FNO3. The number of rotatable bonds is 4. The second-order valence-corrected chi connectivity index (χ2v) is 5.64. The standard InChI is InChI=1S/C15H20FNO3/c1-10(18)5-6-11-9-12(7-8-13(11)16)17-14(19)20-15(2,3)4/h7-9H,5-6H2,1-4H3,(H,17,19). The highest BCUT2D eigenvalue weighted by Gasteiger charge is 2.16. The maximum Gasteiger partial charge on any atom is 0.412 e. The van der Waals surface area contributed by atoms with Crippen LogP contribution in [0.15, 0.2) is 18.2 Å². The molecule has 20 heavy (non-hydrogen) atoms. The van der Waals surface area contributed by atoms with Crippen molar-refractivity contribution in [3.63, 3.8) is 0 Å². The Morgan fingerprint density at radius 3 is 2.50 bits per heavy atom. The fraction of sp³-hybridized carbons (Fsp3) is 0.467. The van der Waals surface area contributed by atoms with E-state index in [2.05, 4.69) is 5.32 Å². The molecule has 0 atom stereocenters. The van der Waals surface area contributed by atoms with Crippen LogP contribution >= 0.6 is 0 Å². The molecule has 0 aliphatic heterocycles. The van der Waals surface area contributed by atoms with Crippen molar-refractivity contribution in [2.24, 2.45) is 0 Å². The Labute approximate surface area is 118 Å². The van der Waals surface area contributed by atoms with Crippen LogP contribution in [0.1, 0.15) is 39.7 Å². The first kappa shape index (κ1) is 16.1. The first-order valence-electron chi connectivity index (χ1n) is 6.45. The Hall–Kier alpha value is -1.91. The van der Waals surface area contributed by atoms with E-state index in [4.69, 9.17) is 4.74 Å². The molecule has 0 heterocycles. The van der Waals surface area contributed by atoms with E-state index in [9.17, 15) is 14.0 Å². The van der Waals surface area contributed by atoms with Crippen LogP contribution in [0.4, 0.5) is 14.9 Å². The third kappa shape index (κ3) is 5.82. The van der Waals surface area contributed by atoms with Crippen molar-refractivity contribution < 1.29 is 18.7 Å². The molecule has 1 N–H and O–H groups in total. The monoisotopic (exact) mass is 281 g/mol. The zero-order chi connectivity index (χ0) is 15.3. The van der Waals surface area contributed by atoms with E-state index in [0.717, 1.165) is 0 Å². The van der Waals surface area contributed by atoms with Crippen molar-refractivity contribution in [1.82, 2.24) is 0 Å². The van der Waals surface area contributed by atoms with Crippen LogP contribution < -0.4 is 5.32 Å². The van der Waals surface area contributed by atoms with Gasteiger partial charge < -0.3 is 9.53 Å². The molecule has 0 unspecified atom stereocenters. The lowest BCUT2D eigenvalue weighted by Crippen LogP contribution is -2.27. The molecule has 0 saturated carbocycles. The highest BCUT2D eigenvalue weighted by Crippen LogP contribution is 2.18. The van der Waals surface area contributed by atoms with Crippen LogP contribution in [0.25, 0.3) is 0 Å². The quantitative estimate of drug-likeness (QED) is 0.915. The molecule has 0 aliphatic rings. The Kier molecular flexibility index (Phi) is 5.25. The normalized spacial score (nSPS) is 11.1. The van der Waals surface area contributed by atoms with E-state index < -0.39 is 11.7 Å². The van der Waals surface area contributed by atoms with Gasteiger partial charge in [0.15, 0.2) is 0 Å². The van der Waals surface area contributed by atoms with E-state index in [1.54, 1.807) is 20.8 Å². The van der Waals surface area contributed by atoms with Gasteiger partial charge in [-0.3, -0.25) is 5.32 Å². The summed E-state index contributed by atoms with van der Waals surface area (Å²) in [7, 11) is 0. The van der Waals surface area contributed by atoms with Gasteiger partial charge in [0.2, 0.25) is 0 Å². The summed E-state index contributed by atoms with van der Waals surface area (Å²) in [4.78, 5) is 22.5. The summed E-state index contributed by atoms with van der Waals surface area (Å²) in [5.74, 6) is -0.393. The third-order valence-electron chi connectivity index (χ3n) is 2.44. The van der Waals surface area contributed by atoms with E-state index >= 15 is 0 Å². The fourth-order valence-electron chi connectivity index (χ4n) is 1.58. The van der Waals surface area contributed by atoms with Gasteiger partial charge in [0.1, 0.15) is 17.2 Å². The summed E-state index contributed by atoms with van der Waals surface area (Å²) in [5, 5.41) is 2.54. The number of ether oxygens (including phenoxy) is 1. The summed E-state index contributed by atoms with van der Waals surface area (Å²) in [6.07, 6.45) is -0.0145. The van der Waals surface area contributed by atoms with Crippen LogP contribution in [0.2, 0.25) is 0 Å². The highest BCUT2D eigenvalue weighted by molar-refractivity contribution is 5.85. The number of aryl methyl sites for hydroxylation is 1. The van der Waals surface area contributed by atoms with Gasteiger partial charge >= 0.3 is 6.09 Å². The molecule has 0 aromatic heterocycles. The zero-order valence-electron chi connectivity index (χ0n) is 12.2. The van der Waals surface area contributed by atoms with Crippen LogP contribution in [0, 0.1) is 5.82 Å². The van der Waals surface area contributed by atoms with Gasteiger partial charge in [-0.2, -0.15) is 0 Å². The van der Waals surface area contributed by atoms with Gasteiger partial charge in [-0.15, -0.1) is 0 Å². The van der Waals surface area contributed by atoms with E-state index in [1.807, 2.05) is 0 Å². The molecule has 0 spiro atoms. The van der Waals surface area contributed by atoms with Crippen LogP contribution in [0.5, 0.6) is 0 Å². The molecule has 1 aromatic carbocycles. The molecule has 4 nitrogen and oxygen atoms in total. The zero-order valence-corrected chi connectivity index (χ0v) is 12.2. The number of halogens is 1. The molecule has 0 saturated heterocycles. The number of carbonyl (C=O) groups is 2. The predicted octanol–water partition coefficient (Wildman–Crippen LogP) is 3.69. The minimum atomic E-state index is -0.596. The van der Waals surface area contributed by atoms with Gasteiger partial charge in [-0.1, -0.05) is 0 Å². The molecule has 1 amide bonds. The Balaban J connectivity index is 2.74. The van der Waals surface area contributed by atoms with Crippen molar-refractivity contribution in [2.45, 2.75) is 46.1 Å². The lowest BCUT2D eigenvalue weighted by atomic mass is 10.1. The molecule has 1 aromatic rings. The Bertz CT molecular complexity index is 506. The molecule has 5 heteroatoms. The van der Waals surface area contributed by atoms with Crippen molar-refractivity contribution in [3.05, 3.63) is 29.6 Å². The maximum absolute atomic E-state index is 13.6. The van der Waals surface area contributed by atoms with Crippen molar-refractivity contribution in [1.29, 1.82) is 0 Å². The summed E-state index contributed by atoms with van der Waals surface area (Å²) in [5.41, 5.74) is 0.245. The van der Waals surface area contributed by atoms with Crippen LogP contribution in [0.3, 0.4) is 0 Å². The third-order valence-corrected chi connectivity index (χ3v) is 2.44. The van der Waals surface area contributed by atoms with Gasteiger partial charge in [-0.05, 0) is 57.9 Å². The number of nitrogens with one attached hydrogen (secondary N) is 1. The summed E-state index contributed by atoms with van der Waals surface area (Å²) >= 11 is 0. The molecule has 0 radical (unpaired) electrons. The molecular weight excluding hydrogens is 261 g/mol. The lowest BCUT2D eigenvalue weighted by Gasteiger charge is -2.19. The maximum atomic E-state index is 13.6. The van der Waals surface area contributed by atoms with E-state index in [-0.39, 0.29) is 18.0 Å². The SMILES string of the molecule is CC(=O)CCc1cc(NC(=O)OC(C)(C)C)ccc1F. The second kappa shape index (κ2) is 6.50. The molecule has 0 fully saturated rings. The average molecular weight is 281 g/mol. The van der Waals surface area contributed by atoms with E-state index in [1.165, 1.54) is 25.1 Å². The van der Waals surface area contributed by atoms with Gasteiger partial charge in [0.25, 0.3) is 0 Å². The van der Waals surface area contributed by atoms with Crippen LogP contribution in [-0.4, -0.2) is 17.5 Å². The average Bonchev–Trinajstić information content (AvgIpc) is 2.27. The Morgan fingerprint density at radius 2 is 1.95 bits per heavy atom. The number of Topliss-reactive ketones (excluding diaryl/α,β-unsaturated/α-hetero) is 1. The van der Waals surface area contributed by atoms with Gasteiger partial charge in [0, 0.05) is 12.1 Å². The molecule has 0 aliphatic carbocycles. The van der Waals surface area contributed by atoms with Crippen molar-refractivity contribution >= 4 is 17.6 Å². The van der Waals surface area contributed by atoms with Crippen LogP contribution in [-0.2, 0) is 16.0 Å². The summed E-state index contributed by atoms with van der Waals surface area (Å²) in [6.45, 7) is 6.74. The number of hydrogen-bond donors (Lipinski definition) is 1. The molecule has 1 rings (SSSR count). The first-order chi connectivity index (χ1) is 9.17. The first-order valence-corrected chi connectivity index (χ1v) is 6.45. The lowest BCUT2D eigenvalue weighted by molar-refractivity contribution is -0.116. The Morgan fingerprint density at radius 1 is 1.30 bits per heavy atom. The number of carbonyl (C=O) groups excluding carboxylic acids is 2. The smallest absolute Gasteiger partial charge is 0.412 e. The fourth-order valence-corrected chi connectivity index (χ4v) is 1.58. The number of benzene rings is 1. The van der Waals surface area contributed by atoms with Crippen molar-refractivity contribution in [3.8, 4) is 0 Å². The number of anilines is 1. The second-order valence-electron chi connectivity index (χ2n) is 5.64. The molecule has 0 bridgehead atoms. The molecule has 110 valence electrons. The van der Waals surface area contributed by atoms with Crippen molar-refractivity contribution in [2.75, 3.05) is 5.32 Å². The number of ketones is 1. The summed E-state index contributed by atoms with van der Waals surface area (Å²) < 4.78 is 18.7. The topological polar surface area (TPSA) is 55.4 Å². The van der Waals surface area contributed by atoms with E-state index in [0.29, 0.717) is 17.7 Å². The highest BCUT2D eigenvalue weighted by atomic mass is 19.1. The predicted molar refractivity (Wildman–Crippen MR) is 75.3 cm³/mol. The summed E-state index contributed by atoms with van der Waals surface area (Å²) in [6, 6.07) is 4.24. The minimum absolute atomic E-state index is 0.00472. The minimum Gasteiger partial charge on any atom is -0.444 e. The van der Waals surface area contributed by atoms with Gasteiger partial charge in [-0.25, -0.2) is 9.18 Å².